The summed E-state index contributed by atoms with van der Waals surface area (Å²) < 4.78 is 5.92. The molecular formula is C18H24N4O2S. The Balaban J connectivity index is 1.47. The van der Waals surface area contributed by atoms with Crippen LogP contribution in [0.4, 0.5) is 0 Å². The number of aromatic nitrogens is 3. The molecule has 7 heteroatoms. The minimum atomic E-state index is -0.0643. The predicted octanol–water partition coefficient (Wildman–Crippen LogP) is 4.14. The molecule has 1 atom stereocenters. The lowest BCUT2D eigenvalue weighted by molar-refractivity contribution is -0.133. The van der Waals surface area contributed by atoms with Crippen LogP contribution in [0.15, 0.2) is 9.93 Å². The first-order valence-electron chi connectivity index (χ1n) is 9.25. The van der Waals surface area contributed by atoms with Crippen LogP contribution in [0, 0.1) is 12.8 Å². The molecule has 2 aromatic rings. The first kappa shape index (κ1) is 16.7. The lowest BCUT2D eigenvalue weighted by Gasteiger charge is -2.26. The molecule has 0 unspecified atom stereocenters. The molecule has 2 aliphatic rings. The number of nitrogens with zero attached hydrogens (tertiary/aromatic N) is 4. The number of likely N-dealkylation sites (tertiary alicyclic amines) is 1. The largest absolute Gasteiger partial charge is 0.418 e. The van der Waals surface area contributed by atoms with Gasteiger partial charge in [0.2, 0.25) is 11.8 Å². The van der Waals surface area contributed by atoms with Crippen molar-refractivity contribution in [3.05, 3.63) is 17.1 Å². The van der Waals surface area contributed by atoms with Gasteiger partial charge in [-0.05, 0) is 38.5 Å². The summed E-state index contributed by atoms with van der Waals surface area (Å²) in [6.07, 6.45) is 8.81. The lowest BCUT2D eigenvalue weighted by atomic mass is 9.86. The van der Waals surface area contributed by atoms with Crippen molar-refractivity contribution < 1.29 is 9.21 Å². The minimum absolute atomic E-state index is 0.0643. The van der Waals surface area contributed by atoms with Crippen molar-refractivity contribution in [2.45, 2.75) is 64.3 Å². The molecule has 0 N–H and O–H groups in total. The fourth-order valence-corrected chi connectivity index (χ4v) is 4.77. The van der Waals surface area contributed by atoms with Crippen molar-refractivity contribution >= 4 is 17.2 Å². The Labute approximate surface area is 151 Å². The highest BCUT2D eigenvalue weighted by Gasteiger charge is 2.35. The van der Waals surface area contributed by atoms with Crippen molar-refractivity contribution in [1.82, 2.24) is 20.1 Å². The van der Waals surface area contributed by atoms with Crippen LogP contribution in [0.3, 0.4) is 0 Å². The number of aryl methyl sites for hydroxylation is 1. The zero-order chi connectivity index (χ0) is 17.2. The molecule has 0 radical (unpaired) electrons. The molecule has 2 aromatic heterocycles. The van der Waals surface area contributed by atoms with Crippen molar-refractivity contribution in [2.24, 2.45) is 5.92 Å². The second-order valence-electron chi connectivity index (χ2n) is 7.17. The van der Waals surface area contributed by atoms with Crippen LogP contribution in [0.1, 0.15) is 69.0 Å². The van der Waals surface area contributed by atoms with Gasteiger partial charge >= 0.3 is 0 Å². The van der Waals surface area contributed by atoms with Gasteiger partial charge in [-0.2, -0.15) is 0 Å². The molecule has 134 valence electrons. The van der Waals surface area contributed by atoms with E-state index in [9.17, 15) is 4.79 Å². The van der Waals surface area contributed by atoms with Gasteiger partial charge in [0.05, 0.1) is 11.2 Å². The first-order chi connectivity index (χ1) is 12.2. The third-order valence-corrected chi connectivity index (χ3v) is 6.34. The van der Waals surface area contributed by atoms with Crippen LogP contribution in [-0.4, -0.2) is 32.5 Å². The van der Waals surface area contributed by atoms with E-state index in [0.717, 1.165) is 30.0 Å². The third kappa shape index (κ3) is 3.47. The molecule has 1 amide bonds. The van der Waals surface area contributed by atoms with E-state index in [1.807, 2.05) is 11.8 Å². The van der Waals surface area contributed by atoms with Crippen LogP contribution in [0.25, 0.3) is 10.8 Å². The van der Waals surface area contributed by atoms with Crippen LogP contribution >= 0.6 is 11.3 Å². The molecule has 3 heterocycles. The number of carbonyl (C=O) groups is 1. The molecule has 2 fully saturated rings. The van der Waals surface area contributed by atoms with Gasteiger partial charge in [-0.3, -0.25) is 4.79 Å². The SMILES string of the molecule is Cc1ncsc1-c1nnc([C@H]2CCCN2C(=O)CC2CCCCC2)o1. The van der Waals surface area contributed by atoms with Crippen LogP contribution in [0.2, 0.25) is 0 Å². The molecular weight excluding hydrogens is 336 g/mol. The molecule has 0 spiro atoms. The van der Waals surface area contributed by atoms with Gasteiger partial charge in [0.25, 0.3) is 5.89 Å². The van der Waals surface area contributed by atoms with Crippen molar-refractivity contribution in [2.75, 3.05) is 6.54 Å². The van der Waals surface area contributed by atoms with E-state index in [0.29, 0.717) is 24.1 Å². The van der Waals surface area contributed by atoms with Crippen LogP contribution in [-0.2, 0) is 4.79 Å². The number of thiazole rings is 1. The maximum atomic E-state index is 12.8. The zero-order valence-electron chi connectivity index (χ0n) is 14.6. The van der Waals surface area contributed by atoms with Gasteiger partial charge in [-0.1, -0.05) is 19.3 Å². The summed E-state index contributed by atoms with van der Waals surface area (Å²) in [7, 11) is 0. The van der Waals surface area contributed by atoms with E-state index in [4.69, 9.17) is 4.42 Å². The Kier molecular flexibility index (Phi) is 4.83. The quantitative estimate of drug-likeness (QED) is 0.819. The molecule has 1 aliphatic heterocycles. The summed E-state index contributed by atoms with van der Waals surface area (Å²) in [6.45, 7) is 2.73. The Morgan fingerprint density at radius 2 is 2.08 bits per heavy atom. The average Bonchev–Trinajstić information content (AvgIpc) is 3.35. The number of hydrogen-bond acceptors (Lipinski definition) is 6. The summed E-state index contributed by atoms with van der Waals surface area (Å²) in [6, 6.07) is -0.0643. The standard InChI is InChI=1S/C18H24N4O2S/c1-12-16(25-11-19-12)18-21-20-17(24-18)14-8-5-9-22(14)15(23)10-13-6-3-2-4-7-13/h11,13-14H,2-10H2,1H3/t14-/m1/s1. The maximum Gasteiger partial charge on any atom is 0.259 e. The van der Waals surface area contributed by atoms with E-state index in [2.05, 4.69) is 15.2 Å². The molecule has 0 bridgehead atoms. The highest BCUT2D eigenvalue weighted by Crippen LogP contribution is 2.36. The normalized spacial score (nSPS) is 21.8. The van der Waals surface area contributed by atoms with Gasteiger partial charge < -0.3 is 9.32 Å². The fourth-order valence-electron chi connectivity index (χ4n) is 4.05. The highest BCUT2D eigenvalue weighted by atomic mass is 32.1. The predicted molar refractivity (Wildman–Crippen MR) is 95.0 cm³/mol. The van der Waals surface area contributed by atoms with E-state index >= 15 is 0 Å². The fraction of sp³-hybridized carbons (Fsp3) is 0.667. The van der Waals surface area contributed by atoms with Gasteiger partial charge in [0.1, 0.15) is 10.9 Å². The molecule has 1 saturated carbocycles. The van der Waals surface area contributed by atoms with Gasteiger partial charge in [-0.25, -0.2) is 4.98 Å². The monoisotopic (exact) mass is 360 g/mol. The minimum Gasteiger partial charge on any atom is -0.418 e. The summed E-state index contributed by atoms with van der Waals surface area (Å²) in [5.74, 6) is 1.89. The lowest BCUT2D eigenvalue weighted by Crippen LogP contribution is -2.32. The van der Waals surface area contributed by atoms with E-state index in [1.165, 1.54) is 43.4 Å². The van der Waals surface area contributed by atoms with Crippen LogP contribution in [0.5, 0.6) is 0 Å². The van der Waals surface area contributed by atoms with Crippen molar-refractivity contribution in [3.8, 4) is 10.8 Å². The molecule has 25 heavy (non-hydrogen) atoms. The second kappa shape index (κ2) is 7.23. The second-order valence-corrected chi connectivity index (χ2v) is 8.02. The Morgan fingerprint density at radius 3 is 2.84 bits per heavy atom. The Hall–Kier alpha value is -1.76. The van der Waals surface area contributed by atoms with Gasteiger partial charge in [-0.15, -0.1) is 21.5 Å². The maximum absolute atomic E-state index is 12.8. The summed E-state index contributed by atoms with van der Waals surface area (Å²) in [5, 5.41) is 8.43. The summed E-state index contributed by atoms with van der Waals surface area (Å²) in [5.41, 5.74) is 2.68. The zero-order valence-corrected chi connectivity index (χ0v) is 15.4. The summed E-state index contributed by atoms with van der Waals surface area (Å²) >= 11 is 1.50. The average molecular weight is 360 g/mol. The third-order valence-electron chi connectivity index (χ3n) is 5.43. The molecule has 6 nitrogen and oxygen atoms in total. The number of amides is 1. The van der Waals surface area contributed by atoms with Crippen molar-refractivity contribution in [3.63, 3.8) is 0 Å². The van der Waals surface area contributed by atoms with E-state index in [1.54, 1.807) is 5.51 Å². The Morgan fingerprint density at radius 1 is 1.24 bits per heavy atom. The molecule has 1 saturated heterocycles. The van der Waals surface area contributed by atoms with Gasteiger partial charge in [0.15, 0.2) is 0 Å². The molecule has 1 aliphatic carbocycles. The Bertz CT molecular complexity index is 735. The number of rotatable bonds is 4. The number of carbonyl (C=O) groups excluding carboxylic acids is 1. The van der Waals surface area contributed by atoms with Crippen molar-refractivity contribution in [1.29, 1.82) is 0 Å². The smallest absolute Gasteiger partial charge is 0.259 e. The van der Waals surface area contributed by atoms with Crippen LogP contribution < -0.4 is 0 Å². The summed E-state index contributed by atoms with van der Waals surface area (Å²) in [4.78, 5) is 19.9. The first-order valence-corrected chi connectivity index (χ1v) is 10.1. The molecule has 0 aromatic carbocycles. The highest BCUT2D eigenvalue weighted by molar-refractivity contribution is 7.13. The number of hydrogen-bond donors (Lipinski definition) is 0. The van der Waals surface area contributed by atoms with E-state index in [-0.39, 0.29) is 11.9 Å². The molecule has 4 rings (SSSR count). The van der Waals surface area contributed by atoms with E-state index < -0.39 is 0 Å². The topological polar surface area (TPSA) is 72.1 Å². The van der Waals surface area contributed by atoms with Gasteiger partial charge in [0, 0.05) is 13.0 Å².